The van der Waals surface area contributed by atoms with Crippen LogP contribution in [-0.4, -0.2) is 23.2 Å². The second-order valence-electron chi connectivity index (χ2n) is 3.75. The van der Waals surface area contributed by atoms with E-state index in [4.69, 9.17) is 21.6 Å². The van der Waals surface area contributed by atoms with Gasteiger partial charge in [-0.15, -0.1) is 0 Å². The van der Waals surface area contributed by atoms with Crippen molar-refractivity contribution >= 4 is 24.2 Å². The van der Waals surface area contributed by atoms with Crippen LogP contribution >= 0.6 is 11.6 Å². The quantitative estimate of drug-likeness (QED) is 0.657. The van der Waals surface area contributed by atoms with Crippen molar-refractivity contribution in [3.05, 3.63) is 28.8 Å². The first kappa shape index (κ1) is 12.5. The van der Waals surface area contributed by atoms with Crippen molar-refractivity contribution < 1.29 is 10.0 Å². The molecule has 82 valence electrons. The zero-order valence-corrected chi connectivity index (χ0v) is 9.62. The van der Waals surface area contributed by atoms with Crippen LogP contribution < -0.4 is 10.8 Å². The Morgan fingerprint density at radius 1 is 1.40 bits per heavy atom. The minimum absolute atomic E-state index is 0.340. The summed E-state index contributed by atoms with van der Waals surface area (Å²) in [6.45, 7) is 4.63. The topological polar surface area (TPSA) is 52.5 Å². The summed E-state index contributed by atoms with van der Waals surface area (Å²) in [5.41, 5.74) is 1.30. The molecule has 0 atom stereocenters. The molecular formula is C10H15BClNO2. The highest BCUT2D eigenvalue weighted by Crippen LogP contribution is 2.09. The molecule has 0 aliphatic carbocycles. The lowest BCUT2D eigenvalue weighted by Gasteiger charge is -2.12. The van der Waals surface area contributed by atoms with Gasteiger partial charge in [0.05, 0.1) is 0 Å². The standard InChI is InChI=1S/C10H15BClNO2/c1-7(2)13-6-8-5-9(12)3-4-10(8)11(14)15/h3-5,7,13-15H,6H2,1-2H3. The van der Waals surface area contributed by atoms with Crippen LogP contribution in [0.25, 0.3) is 0 Å². The van der Waals surface area contributed by atoms with Crippen LogP contribution in [0, 0.1) is 0 Å². The van der Waals surface area contributed by atoms with Crippen molar-refractivity contribution in [3.63, 3.8) is 0 Å². The van der Waals surface area contributed by atoms with Gasteiger partial charge in [0.2, 0.25) is 0 Å². The number of rotatable bonds is 4. The summed E-state index contributed by atoms with van der Waals surface area (Å²) < 4.78 is 0. The van der Waals surface area contributed by atoms with Crippen LogP contribution in [0.15, 0.2) is 18.2 Å². The van der Waals surface area contributed by atoms with Gasteiger partial charge in [-0.2, -0.15) is 0 Å². The Hall–Kier alpha value is -0.545. The van der Waals surface area contributed by atoms with E-state index >= 15 is 0 Å². The normalized spacial score (nSPS) is 10.8. The Morgan fingerprint density at radius 2 is 2.07 bits per heavy atom. The highest BCUT2D eigenvalue weighted by atomic mass is 35.5. The molecule has 0 radical (unpaired) electrons. The minimum atomic E-state index is -1.45. The Labute approximate surface area is 95.2 Å². The molecule has 15 heavy (non-hydrogen) atoms. The number of hydrogen-bond donors (Lipinski definition) is 3. The molecule has 0 amide bonds. The van der Waals surface area contributed by atoms with Crippen molar-refractivity contribution in [2.75, 3.05) is 0 Å². The number of halogens is 1. The van der Waals surface area contributed by atoms with Crippen molar-refractivity contribution in [2.45, 2.75) is 26.4 Å². The number of hydrogen-bond acceptors (Lipinski definition) is 3. The van der Waals surface area contributed by atoms with Crippen LogP contribution in [0.4, 0.5) is 0 Å². The zero-order chi connectivity index (χ0) is 11.4. The summed E-state index contributed by atoms with van der Waals surface area (Å²) in [6, 6.07) is 5.36. The molecule has 0 aromatic heterocycles. The van der Waals surface area contributed by atoms with Crippen molar-refractivity contribution in [1.29, 1.82) is 0 Å². The van der Waals surface area contributed by atoms with E-state index in [9.17, 15) is 0 Å². The summed E-state index contributed by atoms with van der Waals surface area (Å²) in [7, 11) is -1.45. The van der Waals surface area contributed by atoms with E-state index < -0.39 is 7.12 Å². The predicted molar refractivity (Wildman–Crippen MR) is 63.3 cm³/mol. The SMILES string of the molecule is CC(C)NCc1cc(Cl)ccc1B(O)O. The molecule has 0 spiro atoms. The van der Waals surface area contributed by atoms with Gasteiger partial charge in [0, 0.05) is 17.6 Å². The Kier molecular flexibility index (Phi) is 4.60. The molecule has 0 aliphatic rings. The van der Waals surface area contributed by atoms with Gasteiger partial charge in [0.25, 0.3) is 0 Å². The van der Waals surface area contributed by atoms with Crippen molar-refractivity contribution in [2.24, 2.45) is 0 Å². The highest BCUT2D eigenvalue weighted by Gasteiger charge is 2.15. The smallest absolute Gasteiger partial charge is 0.423 e. The molecule has 1 aromatic rings. The average Bonchev–Trinajstić information content (AvgIpc) is 2.14. The predicted octanol–water partition coefficient (Wildman–Crippen LogP) is 0.518. The summed E-state index contributed by atoms with van der Waals surface area (Å²) in [5.74, 6) is 0. The van der Waals surface area contributed by atoms with E-state index in [1.165, 1.54) is 0 Å². The van der Waals surface area contributed by atoms with Crippen molar-refractivity contribution in [1.82, 2.24) is 5.32 Å². The molecule has 0 aliphatic heterocycles. The van der Waals surface area contributed by atoms with Crippen LogP contribution in [0.2, 0.25) is 5.02 Å². The molecule has 5 heteroatoms. The van der Waals surface area contributed by atoms with E-state index in [1.807, 2.05) is 13.8 Å². The van der Waals surface area contributed by atoms with Crippen LogP contribution in [0.1, 0.15) is 19.4 Å². The van der Waals surface area contributed by atoms with Crippen molar-refractivity contribution in [3.8, 4) is 0 Å². The first-order chi connectivity index (χ1) is 7.00. The van der Waals surface area contributed by atoms with Gasteiger partial charge >= 0.3 is 7.12 Å². The summed E-state index contributed by atoms with van der Waals surface area (Å²) in [5, 5.41) is 22.1. The van der Waals surface area contributed by atoms with Gasteiger partial charge in [0.1, 0.15) is 0 Å². The lowest BCUT2D eigenvalue weighted by atomic mass is 9.77. The summed E-state index contributed by atoms with van der Waals surface area (Å²) in [4.78, 5) is 0. The summed E-state index contributed by atoms with van der Waals surface area (Å²) >= 11 is 5.85. The molecule has 0 saturated heterocycles. The van der Waals surface area contributed by atoms with Gasteiger partial charge in [-0.3, -0.25) is 0 Å². The molecule has 0 fully saturated rings. The molecule has 1 rings (SSSR count). The Balaban J connectivity index is 2.87. The molecular weight excluding hydrogens is 212 g/mol. The first-order valence-corrected chi connectivity index (χ1v) is 5.26. The first-order valence-electron chi connectivity index (χ1n) is 4.88. The third-order valence-corrected chi connectivity index (χ3v) is 2.32. The fraction of sp³-hybridized carbons (Fsp3) is 0.400. The van der Waals surface area contributed by atoms with Gasteiger partial charge < -0.3 is 15.4 Å². The second-order valence-corrected chi connectivity index (χ2v) is 4.19. The van der Waals surface area contributed by atoms with E-state index in [1.54, 1.807) is 18.2 Å². The van der Waals surface area contributed by atoms with E-state index in [0.717, 1.165) is 5.56 Å². The Morgan fingerprint density at radius 3 is 2.60 bits per heavy atom. The highest BCUT2D eigenvalue weighted by molar-refractivity contribution is 6.59. The van der Waals surface area contributed by atoms with E-state index in [2.05, 4.69) is 5.32 Å². The van der Waals surface area contributed by atoms with Crippen LogP contribution in [0.3, 0.4) is 0 Å². The van der Waals surface area contributed by atoms with Gasteiger partial charge in [-0.1, -0.05) is 31.5 Å². The lowest BCUT2D eigenvalue weighted by Crippen LogP contribution is -2.35. The molecule has 0 heterocycles. The maximum Gasteiger partial charge on any atom is 0.488 e. The molecule has 0 saturated carbocycles. The molecule has 0 bridgehead atoms. The van der Waals surface area contributed by atoms with Gasteiger partial charge in [0.15, 0.2) is 0 Å². The van der Waals surface area contributed by atoms with Crippen LogP contribution in [-0.2, 0) is 6.54 Å². The number of nitrogens with one attached hydrogen (secondary N) is 1. The van der Waals surface area contributed by atoms with Crippen LogP contribution in [0.5, 0.6) is 0 Å². The molecule has 1 aromatic carbocycles. The average molecular weight is 228 g/mol. The van der Waals surface area contributed by atoms with Gasteiger partial charge in [-0.05, 0) is 23.2 Å². The monoisotopic (exact) mass is 227 g/mol. The fourth-order valence-electron chi connectivity index (χ4n) is 1.29. The fourth-order valence-corrected chi connectivity index (χ4v) is 1.49. The van der Waals surface area contributed by atoms with E-state index in [0.29, 0.717) is 23.1 Å². The zero-order valence-electron chi connectivity index (χ0n) is 8.87. The molecule has 0 unspecified atom stereocenters. The number of benzene rings is 1. The molecule has 3 nitrogen and oxygen atoms in total. The third kappa shape index (κ3) is 3.84. The second kappa shape index (κ2) is 5.51. The maximum absolute atomic E-state index is 9.15. The van der Waals surface area contributed by atoms with E-state index in [-0.39, 0.29) is 0 Å². The lowest BCUT2D eigenvalue weighted by molar-refractivity contribution is 0.425. The summed E-state index contributed by atoms with van der Waals surface area (Å²) in [6.07, 6.45) is 0. The Bertz CT molecular complexity index is 331. The largest absolute Gasteiger partial charge is 0.488 e. The maximum atomic E-state index is 9.15. The minimum Gasteiger partial charge on any atom is -0.423 e. The van der Waals surface area contributed by atoms with Gasteiger partial charge in [-0.25, -0.2) is 0 Å². The molecule has 3 N–H and O–H groups in total. The third-order valence-electron chi connectivity index (χ3n) is 2.08.